The Morgan fingerprint density at radius 2 is 2.00 bits per heavy atom. The molecule has 184 valence electrons. The van der Waals surface area contributed by atoms with Crippen LogP contribution >= 0.6 is 0 Å². The van der Waals surface area contributed by atoms with Crippen LogP contribution in [-0.4, -0.2) is 33.3 Å². The number of sulfonamides is 1. The summed E-state index contributed by atoms with van der Waals surface area (Å²) in [5, 5.41) is 10.9. The summed E-state index contributed by atoms with van der Waals surface area (Å²) in [4.78, 5) is -0.444. The molecular weight excluding hydrogens is 467 g/mol. The van der Waals surface area contributed by atoms with Crippen molar-refractivity contribution >= 4 is 27.5 Å². The molecule has 1 heterocycles. The lowest BCUT2D eigenvalue weighted by Crippen LogP contribution is -2.43. The number of hydrogen-bond donors (Lipinski definition) is 2. The molecule has 0 saturated carbocycles. The monoisotopic (exact) mass is 495 g/mol. The molecular formula is C24H28F3N3O3S. The zero-order valence-electron chi connectivity index (χ0n) is 19.2. The van der Waals surface area contributed by atoms with Crippen LogP contribution in [0.25, 0.3) is 5.57 Å². The zero-order chi connectivity index (χ0) is 25.1. The van der Waals surface area contributed by atoms with Crippen molar-refractivity contribution in [3.8, 4) is 5.75 Å². The maximum atomic E-state index is 13.6. The predicted molar refractivity (Wildman–Crippen MR) is 127 cm³/mol. The summed E-state index contributed by atoms with van der Waals surface area (Å²) in [5.41, 5.74) is 0.279. The van der Waals surface area contributed by atoms with E-state index < -0.39 is 32.8 Å². The van der Waals surface area contributed by atoms with E-state index in [0.717, 1.165) is 35.1 Å². The lowest BCUT2D eigenvalue weighted by atomic mass is 10.0. The van der Waals surface area contributed by atoms with E-state index in [0.29, 0.717) is 29.4 Å². The molecule has 3 rings (SSSR count). The number of fused-ring (bicyclic) bond motifs is 1. The Bertz CT molecular complexity index is 1180. The number of anilines is 1. The van der Waals surface area contributed by atoms with Gasteiger partial charge in [0.15, 0.2) is 0 Å². The Labute approximate surface area is 198 Å². The molecule has 2 aromatic carbocycles. The van der Waals surface area contributed by atoms with Crippen molar-refractivity contribution in [2.45, 2.75) is 56.8 Å². The van der Waals surface area contributed by atoms with Gasteiger partial charge < -0.3 is 15.5 Å². The maximum absolute atomic E-state index is 13.6. The molecule has 2 N–H and O–H groups in total. The van der Waals surface area contributed by atoms with E-state index in [9.17, 15) is 21.6 Å². The molecule has 2 aromatic rings. The van der Waals surface area contributed by atoms with Crippen LogP contribution in [0.15, 0.2) is 53.6 Å². The minimum Gasteiger partial charge on any atom is -0.486 e. The summed E-state index contributed by atoms with van der Waals surface area (Å²) in [6.07, 6.45) is -0.971. The zero-order valence-corrected chi connectivity index (χ0v) is 20.0. The molecule has 1 aliphatic heterocycles. The molecule has 1 atom stereocenters. The molecule has 0 radical (unpaired) electrons. The smallest absolute Gasteiger partial charge is 0.416 e. The number of hydrogen-bond acceptors (Lipinski definition) is 5. The van der Waals surface area contributed by atoms with E-state index in [1.807, 2.05) is 20.8 Å². The molecule has 0 fully saturated rings. The van der Waals surface area contributed by atoms with E-state index in [4.69, 9.17) is 10.1 Å². The topological polar surface area (TPSA) is 82.5 Å². The third-order valence-electron chi connectivity index (χ3n) is 5.31. The first-order chi connectivity index (χ1) is 16.0. The Morgan fingerprint density at radius 1 is 1.26 bits per heavy atom. The van der Waals surface area contributed by atoms with Gasteiger partial charge in [0, 0.05) is 24.0 Å². The summed E-state index contributed by atoms with van der Waals surface area (Å²) in [7, 11) is -4.32. The van der Waals surface area contributed by atoms with Crippen LogP contribution in [0.4, 0.5) is 18.9 Å². The molecule has 0 aliphatic carbocycles. The van der Waals surface area contributed by atoms with Crippen LogP contribution in [0.1, 0.15) is 44.7 Å². The number of ether oxygens (including phenoxy) is 1. The van der Waals surface area contributed by atoms with Crippen molar-refractivity contribution in [2.75, 3.05) is 10.8 Å². The fourth-order valence-electron chi connectivity index (χ4n) is 3.62. The highest BCUT2D eigenvalue weighted by Gasteiger charge is 2.37. The van der Waals surface area contributed by atoms with Gasteiger partial charge >= 0.3 is 6.18 Å². The number of nitrogens with one attached hydrogen (secondary N) is 2. The van der Waals surface area contributed by atoms with Gasteiger partial charge in [-0.2, -0.15) is 13.2 Å². The van der Waals surface area contributed by atoms with Crippen molar-refractivity contribution in [2.24, 2.45) is 0 Å². The quantitative estimate of drug-likeness (QED) is 0.477. The molecule has 34 heavy (non-hydrogen) atoms. The minimum absolute atomic E-state index is 0.0310. The van der Waals surface area contributed by atoms with Crippen molar-refractivity contribution in [1.29, 1.82) is 5.41 Å². The highest BCUT2D eigenvalue weighted by molar-refractivity contribution is 7.92. The van der Waals surface area contributed by atoms with Crippen molar-refractivity contribution in [1.82, 2.24) is 5.32 Å². The maximum Gasteiger partial charge on any atom is 0.416 e. The van der Waals surface area contributed by atoms with Gasteiger partial charge in [0.25, 0.3) is 10.0 Å². The van der Waals surface area contributed by atoms with Crippen LogP contribution in [0.3, 0.4) is 0 Å². The van der Waals surface area contributed by atoms with Gasteiger partial charge in [-0.15, -0.1) is 0 Å². The van der Waals surface area contributed by atoms with Crippen molar-refractivity contribution in [3.63, 3.8) is 0 Å². The van der Waals surface area contributed by atoms with Gasteiger partial charge in [0.05, 0.1) is 22.7 Å². The summed E-state index contributed by atoms with van der Waals surface area (Å²) in [5.74, 6) is 0.324. The van der Waals surface area contributed by atoms with E-state index in [-0.39, 0.29) is 18.3 Å². The lowest BCUT2D eigenvalue weighted by Gasteiger charge is -2.36. The number of allylic oxidation sites excluding steroid dienone is 1. The molecule has 0 unspecified atom stereocenters. The van der Waals surface area contributed by atoms with Crippen LogP contribution < -0.4 is 14.4 Å². The lowest BCUT2D eigenvalue weighted by molar-refractivity contribution is -0.137. The fraction of sp³-hybridized carbons (Fsp3) is 0.375. The molecule has 1 aliphatic rings. The molecule has 0 amide bonds. The molecule has 6 nitrogen and oxygen atoms in total. The predicted octanol–water partition coefficient (Wildman–Crippen LogP) is 5.45. The van der Waals surface area contributed by atoms with Gasteiger partial charge in [-0.3, -0.25) is 4.31 Å². The Balaban J connectivity index is 2.12. The Morgan fingerprint density at radius 3 is 2.62 bits per heavy atom. The van der Waals surface area contributed by atoms with Crippen LogP contribution in [0.5, 0.6) is 5.75 Å². The molecule has 0 aromatic heterocycles. The second kappa shape index (κ2) is 10.1. The second-order valence-electron chi connectivity index (χ2n) is 8.34. The average Bonchev–Trinajstić information content (AvgIpc) is 2.78. The van der Waals surface area contributed by atoms with Crippen LogP contribution in [0.2, 0.25) is 0 Å². The van der Waals surface area contributed by atoms with Crippen LogP contribution in [0, 0.1) is 5.41 Å². The number of rotatable bonds is 8. The molecule has 0 spiro atoms. The first-order valence-electron chi connectivity index (χ1n) is 10.9. The second-order valence-corrected chi connectivity index (χ2v) is 10.2. The average molecular weight is 496 g/mol. The molecule has 0 bridgehead atoms. The molecule has 0 saturated heterocycles. The first kappa shape index (κ1) is 25.6. The number of nitrogens with zero attached hydrogens (tertiary/aromatic N) is 1. The summed E-state index contributed by atoms with van der Waals surface area (Å²) in [6, 6.07) is 8.81. The van der Waals surface area contributed by atoms with Gasteiger partial charge in [-0.05, 0) is 56.2 Å². The van der Waals surface area contributed by atoms with Crippen molar-refractivity contribution < 1.29 is 26.3 Å². The van der Waals surface area contributed by atoms with E-state index in [1.54, 1.807) is 24.4 Å². The van der Waals surface area contributed by atoms with Crippen LogP contribution in [-0.2, 0) is 16.2 Å². The van der Waals surface area contributed by atoms with E-state index in [1.165, 1.54) is 0 Å². The Hall–Kier alpha value is -3.01. The highest BCUT2D eigenvalue weighted by atomic mass is 32.2. The van der Waals surface area contributed by atoms with Gasteiger partial charge in [0.1, 0.15) is 11.9 Å². The summed E-state index contributed by atoms with van der Waals surface area (Å²) in [6.45, 7) is 5.79. The third kappa shape index (κ3) is 5.55. The number of alkyl halides is 3. The fourth-order valence-corrected chi connectivity index (χ4v) is 5.16. The number of benzene rings is 2. The number of halogens is 3. The largest absolute Gasteiger partial charge is 0.486 e. The van der Waals surface area contributed by atoms with E-state index in [2.05, 4.69) is 5.32 Å². The third-order valence-corrected chi connectivity index (χ3v) is 7.09. The summed E-state index contributed by atoms with van der Waals surface area (Å²) < 4.78 is 74.0. The van der Waals surface area contributed by atoms with Gasteiger partial charge in [-0.1, -0.05) is 25.5 Å². The van der Waals surface area contributed by atoms with Gasteiger partial charge in [0.2, 0.25) is 0 Å². The SMILES string of the molecule is CCC[C@H]1CN(S(=O)(=O)c2cccc(C(F)(F)F)c2)c2cc(/C(C=N)=C/NC(C)C)ccc2O1. The molecule has 10 heteroatoms. The minimum atomic E-state index is -4.67. The van der Waals surface area contributed by atoms with Gasteiger partial charge in [-0.25, -0.2) is 8.42 Å². The van der Waals surface area contributed by atoms with E-state index >= 15 is 0 Å². The summed E-state index contributed by atoms with van der Waals surface area (Å²) >= 11 is 0. The first-order valence-corrected chi connectivity index (χ1v) is 12.4. The van der Waals surface area contributed by atoms with Crippen molar-refractivity contribution in [3.05, 3.63) is 59.8 Å². The standard InChI is InChI=1S/C24H28F3N3O3S/c1-4-6-20-15-30(34(31,32)21-8-5-7-19(12-21)24(25,26)27)22-11-17(9-10-23(22)33-20)18(13-28)14-29-16(2)3/h5,7-14,16,20,28-29H,4,6,15H2,1-3H3/b18-14+,28-13?/t20-/m0/s1. The normalized spacial score (nSPS) is 16.7. The Kier molecular flexibility index (Phi) is 7.60. The highest BCUT2D eigenvalue weighted by Crippen LogP contribution is 2.40.